The van der Waals surface area contributed by atoms with Gasteiger partial charge in [0, 0.05) is 0 Å². The highest BCUT2D eigenvalue weighted by Gasteiger charge is 2.38. The molecule has 6 atom stereocenters. The topological polar surface area (TPSA) is 0 Å². The van der Waals surface area contributed by atoms with Gasteiger partial charge in [-0.2, -0.15) is 0 Å². The van der Waals surface area contributed by atoms with Gasteiger partial charge in [-0.25, -0.2) is 0 Å². The summed E-state index contributed by atoms with van der Waals surface area (Å²) in [6.45, 7) is 15.7. The third kappa shape index (κ3) is 4.48. The van der Waals surface area contributed by atoms with Gasteiger partial charge in [0.25, 0.3) is 0 Å². The van der Waals surface area contributed by atoms with Crippen molar-refractivity contribution >= 4 is 15.8 Å². The van der Waals surface area contributed by atoms with E-state index in [4.69, 9.17) is 0 Å². The van der Waals surface area contributed by atoms with Crippen LogP contribution in [0, 0.1) is 0 Å². The SMILES string of the molecule is CC([C@H](C)P1[C@@H](C)CCCC[C@@H]1C)P1[C@@H](C)CCCC[C@@H]1C. The number of hydrogen-bond donors (Lipinski definition) is 0. The Balaban J connectivity index is 2.13. The van der Waals surface area contributed by atoms with Gasteiger partial charge in [0.15, 0.2) is 0 Å². The zero-order chi connectivity index (χ0) is 16.3. The third-order valence-electron chi connectivity index (χ3n) is 6.66. The molecule has 0 aromatic heterocycles. The van der Waals surface area contributed by atoms with Crippen molar-refractivity contribution < 1.29 is 0 Å². The maximum atomic E-state index is 2.65. The van der Waals surface area contributed by atoms with Crippen LogP contribution >= 0.6 is 15.8 Å². The smallest absolute Gasteiger partial charge is 0.0168 e. The quantitative estimate of drug-likeness (QED) is 0.468. The Kier molecular flexibility index (Phi) is 7.68. The Hall–Kier alpha value is 0.860. The largest absolute Gasteiger partial charge is 0.0974 e. The lowest BCUT2D eigenvalue weighted by Gasteiger charge is -2.43. The third-order valence-corrected chi connectivity index (χ3v) is 14.8. The monoisotopic (exact) mass is 342 g/mol. The summed E-state index contributed by atoms with van der Waals surface area (Å²) in [4.78, 5) is 0. The molecule has 0 amide bonds. The van der Waals surface area contributed by atoms with Gasteiger partial charge in [-0.1, -0.05) is 83.1 Å². The molecule has 0 radical (unpaired) electrons. The minimum absolute atomic E-state index is 0.223. The Morgan fingerprint density at radius 2 is 0.773 bits per heavy atom. The van der Waals surface area contributed by atoms with Crippen molar-refractivity contribution in [3.8, 4) is 0 Å². The van der Waals surface area contributed by atoms with Crippen LogP contribution in [0.15, 0.2) is 0 Å². The fourth-order valence-electron chi connectivity index (χ4n) is 5.33. The molecular weight excluding hydrogens is 302 g/mol. The molecule has 130 valence electrons. The van der Waals surface area contributed by atoms with Crippen molar-refractivity contribution in [2.45, 2.75) is 127 Å². The second-order valence-corrected chi connectivity index (χ2v) is 15.3. The van der Waals surface area contributed by atoms with Gasteiger partial charge < -0.3 is 0 Å². The Morgan fingerprint density at radius 3 is 1.00 bits per heavy atom. The lowest BCUT2D eigenvalue weighted by molar-refractivity contribution is 0.662. The standard InChI is InChI=1S/C20H40P2/c1-15-11-7-8-12-16(2)21(15)19(5)20(6)22-17(3)13-9-10-14-18(22)4/h15-20H,7-14H2,1-6H3/t15-,16-,17-,18-,19-,20?/m0/s1. The molecule has 2 heterocycles. The van der Waals surface area contributed by atoms with Gasteiger partial charge >= 0.3 is 0 Å². The summed E-state index contributed by atoms with van der Waals surface area (Å²) in [5.41, 5.74) is 6.03. The lowest BCUT2D eigenvalue weighted by atomic mass is 10.1. The van der Waals surface area contributed by atoms with Crippen LogP contribution < -0.4 is 0 Å². The molecule has 2 aliphatic rings. The van der Waals surface area contributed by atoms with Crippen LogP contribution in [0.3, 0.4) is 0 Å². The van der Waals surface area contributed by atoms with Crippen LogP contribution in [0.25, 0.3) is 0 Å². The van der Waals surface area contributed by atoms with Crippen LogP contribution in [0.4, 0.5) is 0 Å². The molecule has 2 saturated heterocycles. The van der Waals surface area contributed by atoms with E-state index in [1.165, 1.54) is 51.4 Å². The van der Waals surface area contributed by atoms with Crippen molar-refractivity contribution in [2.24, 2.45) is 0 Å². The number of rotatable bonds is 3. The molecule has 0 aliphatic carbocycles. The van der Waals surface area contributed by atoms with Crippen molar-refractivity contribution in [2.75, 3.05) is 0 Å². The first-order chi connectivity index (χ1) is 10.4. The summed E-state index contributed by atoms with van der Waals surface area (Å²) >= 11 is 0. The van der Waals surface area contributed by atoms with Crippen LogP contribution in [0.2, 0.25) is 0 Å². The van der Waals surface area contributed by atoms with Crippen molar-refractivity contribution in [1.82, 2.24) is 0 Å². The molecule has 0 saturated carbocycles. The molecule has 0 N–H and O–H groups in total. The first-order valence-electron chi connectivity index (χ1n) is 9.98. The van der Waals surface area contributed by atoms with E-state index in [9.17, 15) is 0 Å². The number of hydrogen-bond acceptors (Lipinski definition) is 0. The molecule has 2 heteroatoms. The Morgan fingerprint density at radius 1 is 0.545 bits per heavy atom. The first kappa shape index (κ1) is 19.2. The summed E-state index contributed by atoms with van der Waals surface area (Å²) in [5.74, 6) is 0. The van der Waals surface area contributed by atoms with Gasteiger partial charge in [-0.15, -0.1) is 0 Å². The molecule has 1 unspecified atom stereocenters. The molecule has 0 bridgehead atoms. The van der Waals surface area contributed by atoms with E-state index in [-0.39, 0.29) is 15.8 Å². The van der Waals surface area contributed by atoms with Crippen LogP contribution in [0.1, 0.15) is 92.9 Å². The molecule has 0 aromatic rings. The van der Waals surface area contributed by atoms with E-state index in [0.717, 1.165) is 34.0 Å². The van der Waals surface area contributed by atoms with Crippen LogP contribution in [0.5, 0.6) is 0 Å². The van der Waals surface area contributed by atoms with E-state index in [1.54, 1.807) is 0 Å². The van der Waals surface area contributed by atoms with Crippen molar-refractivity contribution in [3.05, 3.63) is 0 Å². The fourth-order valence-corrected chi connectivity index (χ4v) is 14.1. The summed E-state index contributed by atoms with van der Waals surface area (Å²) in [6, 6.07) is 0. The Labute approximate surface area is 143 Å². The van der Waals surface area contributed by atoms with Crippen LogP contribution in [-0.2, 0) is 0 Å². The molecule has 0 nitrogen and oxygen atoms in total. The van der Waals surface area contributed by atoms with E-state index in [2.05, 4.69) is 41.5 Å². The minimum Gasteiger partial charge on any atom is -0.0974 e. The second kappa shape index (κ2) is 8.81. The minimum atomic E-state index is 0.223. The van der Waals surface area contributed by atoms with Gasteiger partial charge in [0.2, 0.25) is 0 Å². The molecular formula is C20H40P2. The van der Waals surface area contributed by atoms with E-state index < -0.39 is 0 Å². The average Bonchev–Trinajstić information content (AvgIpc) is 2.73. The zero-order valence-corrected chi connectivity index (χ0v) is 17.8. The predicted octanol–water partition coefficient (Wildman–Crippen LogP) is 7.43. The molecule has 2 rings (SSSR count). The average molecular weight is 342 g/mol. The van der Waals surface area contributed by atoms with Gasteiger partial charge in [-0.05, 0) is 59.6 Å². The first-order valence-corrected chi connectivity index (χ1v) is 13.1. The molecule has 2 aliphatic heterocycles. The second-order valence-electron chi connectivity index (χ2n) is 8.34. The summed E-state index contributed by atoms with van der Waals surface area (Å²) in [6.07, 6.45) is 12.0. The van der Waals surface area contributed by atoms with Gasteiger partial charge in [-0.3, -0.25) is 0 Å². The van der Waals surface area contributed by atoms with Crippen LogP contribution in [-0.4, -0.2) is 34.0 Å². The Bertz CT molecular complexity index is 274. The summed E-state index contributed by atoms with van der Waals surface area (Å²) < 4.78 is 0. The maximum Gasteiger partial charge on any atom is -0.0168 e. The summed E-state index contributed by atoms with van der Waals surface area (Å²) in [7, 11) is 0.446. The van der Waals surface area contributed by atoms with Gasteiger partial charge in [0.1, 0.15) is 0 Å². The molecule has 22 heavy (non-hydrogen) atoms. The van der Waals surface area contributed by atoms with Gasteiger partial charge in [0.05, 0.1) is 0 Å². The molecule has 2 fully saturated rings. The lowest BCUT2D eigenvalue weighted by Crippen LogP contribution is -2.29. The molecule has 0 aromatic carbocycles. The highest BCUT2D eigenvalue weighted by atomic mass is 31.1. The van der Waals surface area contributed by atoms with E-state index >= 15 is 0 Å². The molecule has 0 spiro atoms. The zero-order valence-electron chi connectivity index (χ0n) is 16.0. The van der Waals surface area contributed by atoms with Crippen molar-refractivity contribution in [3.63, 3.8) is 0 Å². The summed E-state index contributed by atoms with van der Waals surface area (Å²) in [5, 5.41) is 0. The van der Waals surface area contributed by atoms with E-state index in [0.29, 0.717) is 0 Å². The van der Waals surface area contributed by atoms with Crippen molar-refractivity contribution in [1.29, 1.82) is 0 Å². The maximum absolute atomic E-state index is 2.65. The fraction of sp³-hybridized carbons (Fsp3) is 1.00. The highest BCUT2D eigenvalue weighted by Crippen LogP contribution is 2.64. The highest BCUT2D eigenvalue weighted by molar-refractivity contribution is 7.64. The predicted molar refractivity (Wildman–Crippen MR) is 108 cm³/mol. The normalized spacial score (nSPS) is 39.0. The van der Waals surface area contributed by atoms with E-state index in [1.807, 2.05) is 0 Å².